The van der Waals surface area contributed by atoms with Crippen LogP contribution >= 0.6 is 0 Å². The average Bonchev–Trinajstić information content (AvgIpc) is 2.46. The third-order valence-corrected chi connectivity index (χ3v) is 2.63. The number of nitrogens with one attached hydrogen (secondary N) is 1. The monoisotopic (exact) mass is 258 g/mol. The Morgan fingerprint density at radius 1 is 1.37 bits per heavy atom. The smallest absolute Gasteiger partial charge is 0.356 e. The minimum atomic E-state index is -0.480. The van der Waals surface area contributed by atoms with E-state index in [9.17, 15) is 9.90 Å². The Labute approximate surface area is 110 Å². The largest absolute Gasteiger partial charge is 0.508 e. The molecule has 0 atom stereocenters. The molecule has 0 aliphatic carbocycles. The number of para-hydroxylation sites is 1. The summed E-state index contributed by atoms with van der Waals surface area (Å²) in [7, 11) is 1.31. The maximum absolute atomic E-state index is 11.3. The van der Waals surface area contributed by atoms with Gasteiger partial charge >= 0.3 is 5.97 Å². The lowest BCUT2D eigenvalue weighted by atomic mass is 10.2. The number of anilines is 1. The van der Waals surface area contributed by atoms with Crippen LogP contribution in [-0.2, 0) is 11.3 Å². The number of benzene rings is 1. The number of carbonyl (C=O) groups excluding carboxylic acids is 1. The van der Waals surface area contributed by atoms with Gasteiger partial charge in [0.2, 0.25) is 0 Å². The molecule has 0 saturated carbocycles. The van der Waals surface area contributed by atoms with Crippen LogP contribution in [0.2, 0.25) is 0 Å². The van der Waals surface area contributed by atoms with E-state index in [4.69, 9.17) is 0 Å². The molecule has 2 aromatic rings. The van der Waals surface area contributed by atoms with Crippen LogP contribution in [0.4, 0.5) is 5.69 Å². The SMILES string of the molecule is COC(=O)c1cc(NCc2ccccc2O)ccn1. The average molecular weight is 258 g/mol. The molecule has 19 heavy (non-hydrogen) atoms. The van der Waals surface area contributed by atoms with Gasteiger partial charge in [-0.25, -0.2) is 9.78 Å². The summed E-state index contributed by atoms with van der Waals surface area (Å²) in [4.78, 5) is 15.3. The molecule has 0 aliphatic rings. The van der Waals surface area contributed by atoms with E-state index in [1.165, 1.54) is 13.3 Å². The first-order valence-electron chi connectivity index (χ1n) is 5.76. The number of phenolic OH excluding ortho intramolecular Hbond substituents is 1. The normalized spacial score (nSPS) is 9.95. The molecule has 0 radical (unpaired) electrons. The van der Waals surface area contributed by atoms with Crippen molar-refractivity contribution >= 4 is 11.7 Å². The Bertz CT molecular complexity index is 584. The first-order valence-corrected chi connectivity index (χ1v) is 5.76. The van der Waals surface area contributed by atoms with Crippen molar-refractivity contribution in [3.05, 3.63) is 53.9 Å². The lowest BCUT2D eigenvalue weighted by molar-refractivity contribution is 0.0594. The third-order valence-electron chi connectivity index (χ3n) is 2.63. The van der Waals surface area contributed by atoms with Gasteiger partial charge in [-0.1, -0.05) is 18.2 Å². The summed E-state index contributed by atoms with van der Waals surface area (Å²) in [5.74, 6) is -0.247. The fraction of sp³-hybridized carbons (Fsp3) is 0.143. The molecular formula is C14H14N2O3. The van der Waals surface area contributed by atoms with Crippen molar-refractivity contribution in [2.24, 2.45) is 0 Å². The Kier molecular flexibility index (Phi) is 3.97. The lowest BCUT2D eigenvalue weighted by Gasteiger charge is -2.08. The van der Waals surface area contributed by atoms with Crippen molar-refractivity contribution in [1.29, 1.82) is 0 Å². The number of pyridine rings is 1. The van der Waals surface area contributed by atoms with Gasteiger partial charge in [0.05, 0.1) is 7.11 Å². The first kappa shape index (κ1) is 12.9. The van der Waals surface area contributed by atoms with E-state index in [1.54, 1.807) is 24.3 Å². The maximum Gasteiger partial charge on any atom is 0.356 e. The molecule has 1 aromatic carbocycles. The number of methoxy groups -OCH3 is 1. The minimum Gasteiger partial charge on any atom is -0.508 e. The quantitative estimate of drug-likeness (QED) is 0.822. The van der Waals surface area contributed by atoms with E-state index >= 15 is 0 Å². The number of aromatic hydroxyl groups is 1. The van der Waals surface area contributed by atoms with Gasteiger partial charge in [-0.2, -0.15) is 0 Å². The zero-order valence-electron chi connectivity index (χ0n) is 10.5. The number of nitrogens with zero attached hydrogens (tertiary/aromatic N) is 1. The van der Waals surface area contributed by atoms with Crippen molar-refractivity contribution in [2.45, 2.75) is 6.54 Å². The van der Waals surface area contributed by atoms with Crippen LogP contribution < -0.4 is 5.32 Å². The van der Waals surface area contributed by atoms with Gasteiger partial charge < -0.3 is 15.2 Å². The predicted octanol–water partition coefficient (Wildman–Crippen LogP) is 2.19. The van der Waals surface area contributed by atoms with Crippen molar-refractivity contribution in [2.75, 3.05) is 12.4 Å². The minimum absolute atomic E-state index is 0.234. The summed E-state index contributed by atoms with van der Waals surface area (Å²) >= 11 is 0. The number of ether oxygens (including phenoxy) is 1. The van der Waals surface area contributed by atoms with Crippen molar-refractivity contribution in [3.8, 4) is 5.75 Å². The molecule has 1 heterocycles. The summed E-state index contributed by atoms with van der Waals surface area (Å²) < 4.78 is 4.60. The molecule has 0 aliphatic heterocycles. The summed E-state index contributed by atoms with van der Waals surface area (Å²) in [5.41, 5.74) is 1.75. The molecule has 0 spiro atoms. The topological polar surface area (TPSA) is 71.5 Å². The van der Waals surface area contributed by atoms with Gasteiger partial charge in [0.25, 0.3) is 0 Å². The van der Waals surface area contributed by atoms with E-state index in [0.29, 0.717) is 6.54 Å². The van der Waals surface area contributed by atoms with E-state index in [1.807, 2.05) is 12.1 Å². The second-order valence-electron chi connectivity index (χ2n) is 3.90. The maximum atomic E-state index is 11.3. The van der Waals surface area contributed by atoms with Crippen LogP contribution in [0.1, 0.15) is 16.1 Å². The molecule has 0 unspecified atom stereocenters. The van der Waals surface area contributed by atoms with Gasteiger partial charge in [0, 0.05) is 24.0 Å². The van der Waals surface area contributed by atoms with Crippen molar-refractivity contribution < 1.29 is 14.6 Å². The molecule has 2 N–H and O–H groups in total. The predicted molar refractivity (Wildman–Crippen MR) is 71.0 cm³/mol. The fourth-order valence-corrected chi connectivity index (χ4v) is 1.61. The number of hydrogen-bond donors (Lipinski definition) is 2. The standard InChI is InChI=1S/C14H14N2O3/c1-19-14(18)12-8-11(6-7-15-12)16-9-10-4-2-3-5-13(10)17/h2-8,17H,9H2,1H3,(H,15,16). The number of aromatic nitrogens is 1. The summed E-state index contributed by atoms with van der Waals surface area (Å²) in [6.45, 7) is 0.456. The van der Waals surface area contributed by atoms with Gasteiger partial charge in [0.1, 0.15) is 11.4 Å². The molecule has 1 aromatic heterocycles. The second-order valence-corrected chi connectivity index (χ2v) is 3.90. The van der Waals surface area contributed by atoms with Crippen LogP contribution in [0.5, 0.6) is 5.75 Å². The number of rotatable bonds is 4. The van der Waals surface area contributed by atoms with Gasteiger partial charge in [-0.3, -0.25) is 0 Å². The number of hydrogen-bond acceptors (Lipinski definition) is 5. The molecule has 0 fully saturated rings. The molecule has 5 heteroatoms. The molecule has 2 rings (SSSR count). The summed E-state index contributed by atoms with van der Waals surface area (Å²) in [5, 5.41) is 12.8. The molecule has 0 bridgehead atoms. The first-order chi connectivity index (χ1) is 9.20. The molecule has 98 valence electrons. The van der Waals surface area contributed by atoms with Crippen molar-refractivity contribution in [1.82, 2.24) is 4.98 Å². The molecule has 0 saturated heterocycles. The Morgan fingerprint density at radius 3 is 2.89 bits per heavy atom. The molecule has 5 nitrogen and oxygen atoms in total. The van der Waals surface area contributed by atoms with E-state index in [-0.39, 0.29) is 11.4 Å². The highest BCUT2D eigenvalue weighted by atomic mass is 16.5. The summed E-state index contributed by atoms with van der Waals surface area (Å²) in [6, 6.07) is 10.4. The second kappa shape index (κ2) is 5.86. The van der Waals surface area contributed by atoms with E-state index in [0.717, 1.165) is 11.3 Å². The van der Waals surface area contributed by atoms with Crippen LogP contribution in [0.25, 0.3) is 0 Å². The van der Waals surface area contributed by atoms with Crippen LogP contribution in [0.15, 0.2) is 42.6 Å². The fourth-order valence-electron chi connectivity index (χ4n) is 1.61. The van der Waals surface area contributed by atoms with Crippen LogP contribution in [0.3, 0.4) is 0 Å². The molecule has 0 amide bonds. The number of phenols is 1. The Balaban J connectivity index is 2.08. The van der Waals surface area contributed by atoms with Gasteiger partial charge in [-0.05, 0) is 18.2 Å². The number of carbonyl (C=O) groups is 1. The zero-order valence-corrected chi connectivity index (χ0v) is 10.5. The zero-order chi connectivity index (χ0) is 13.7. The lowest BCUT2D eigenvalue weighted by Crippen LogP contribution is -2.06. The number of esters is 1. The molecular weight excluding hydrogens is 244 g/mol. The highest BCUT2D eigenvalue weighted by molar-refractivity contribution is 5.88. The summed E-state index contributed by atoms with van der Waals surface area (Å²) in [6.07, 6.45) is 1.53. The van der Waals surface area contributed by atoms with E-state index in [2.05, 4.69) is 15.0 Å². The highest BCUT2D eigenvalue weighted by Crippen LogP contribution is 2.17. The Morgan fingerprint density at radius 2 is 2.16 bits per heavy atom. The van der Waals surface area contributed by atoms with Crippen LogP contribution in [-0.4, -0.2) is 23.2 Å². The van der Waals surface area contributed by atoms with Gasteiger partial charge in [-0.15, -0.1) is 0 Å². The van der Waals surface area contributed by atoms with E-state index < -0.39 is 5.97 Å². The highest BCUT2D eigenvalue weighted by Gasteiger charge is 2.07. The third kappa shape index (κ3) is 3.22. The van der Waals surface area contributed by atoms with Crippen molar-refractivity contribution in [3.63, 3.8) is 0 Å². The van der Waals surface area contributed by atoms with Crippen LogP contribution in [0, 0.1) is 0 Å². The Hall–Kier alpha value is -2.56. The van der Waals surface area contributed by atoms with Gasteiger partial charge in [0.15, 0.2) is 0 Å².